The predicted octanol–water partition coefficient (Wildman–Crippen LogP) is 6.35. The molecule has 2 aromatic carbocycles. The van der Waals surface area contributed by atoms with Gasteiger partial charge in [-0.25, -0.2) is 9.83 Å². The van der Waals surface area contributed by atoms with Crippen LogP contribution in [0.4, 0.5) is 5.69 Å². The van der Waals surface area contributed by atoms with Crippen LogP contribution in [-0.4, -0.2) is 23.8 Å². The number of fused-ring (bicyclic) bond motifs is 1. The number of aromatic nitrogens is 1. The van der Waals surface area contributed by atoms with Crippen LogP contribution in [0.15, 0.2) is 41.5 Å². The van der Waals surface area contributed by atoms with Gasteiger partial charge in [-0.2, -0.15) is 0 Å². The summed E-state index contributed by atoms with van der Waals surface area (Å²) in [5, 5.41) is 0.919. The second-order valence-electron chi connectivity index (χ2n) is 7.29. The van der Waals surface area contributed by atoms with Crippen LogP contribution in [0.1, 0.15) is 37.5 Å². The molecule has 0 saturated heterocycles. The van der Waals surface area contributed by atoms with Crippen molar-refractivity contribution in [3.05, 3.63) is 64.6 Å². The van der Waals surface area contributed by atoms with Crippen molar-refractivity contribution in [1.82, 2.24) is 4.98 Å². The largest absolute Gasteiger partial charge is 0.502 e. The molecule has 0 N–H and O–H groups in total. The van der Waals surface area contributed by atoms with Gasteiger partial charge in [-0.15, -0.1) is 11.3 Å². The Morgan fingerprint density at radius 1 is 1.24 bits per heavy atom. The fourth-order valence-electron chi connectivity index (χ4n) is 3.72. The van der Waals surface area contributed by atoms with Gasteiger partial charge in [0.15, 0.2) is 0 Å². The molecule has 4 rings (SSSR count). The molecule has 5 heteroatoms. The zero-order chi connectivity index (χ0) is 20.4. The predicted molar refractivity (Wildman–Crippen MR) is 121 cm³/mol. The second-order valence-corrected chi connectivity index (χ2v) is 8.32. The number of rotatable bonds is 5. The molecular weight excluding hydrogens is 378 g/mol. The summed E-state index contributed by atoms with van der Waals surface area (Å²) in [4.78, 5) is 13.9. The van der Waals surface area contributed by atoms with Crippen LogP contribution in [0, 0.1) is 6.57 Å². The Bertz CT molecular complexity index is 1120. The lowest BCUT2D eigenvalue weighted by molar-refractivity contribution is 0.244. The first-order valence-corrected chi connectivity index (χ1v) is 10.7. The Labute approximate surface area is 175 Å². The Balaban J connectivity index is 1.71. The Hall–Kier alpha value is -2.97. The van der Waals surface area contributed by atoms with E-state index < -0.39 is 0 Å². The Morgan fingerprint density at radius 3 is 2.86 bits per heavy atom. The van der Waals surface area contributed by atoms with Crippen LogP contribution < -0.4 is 4.74 Å². The average Bonchev–Trinajstić information content (AvgIpc) is 3.22. The summed E-state index contributed by atoms with van der Waals surface area (Å²) in [5.41, 5.74) is 6.79. The highest BCUT2D eigenvalue weighted by molar-refractivity contribution is 7.18. The molecule has 0 spiro atoms. The monoisotopic (exact) mass is 401 g/mol. The molecule has 0 unspecified atom stereocenters. The van der Waals surface area contributed by atoms with Crippen molar-refractivity contribution < 1.29 is 4.74 Å². The molecule has 0 aliphatic carbocycles. The van der Waals surface area contributed by atoms with E-state index in [4.69, 9.17) is 11.3 Å². The highest BCUT2D eigenvalue weighted by Gasteiger charge is 2.17. The molecule has 4 nitrogen and oxygen atoms in total. The van der Waals surface area contributed by atoms with E-state index in [9.17, 15) is 0 Å². The molecule has 3 aromatic rings. The minimum atomic E-state index is 0.0364. The summed E-state index contributed by atoms with van der Waals surface area (Å²) < 4.78 is 5.74. The third-order valence-corrected chi connectivity index (χ3v) is 6.08. The van der Waals surface area contributed by atoms with E-state index in [0.717, 1.165) is 34.8 Å². The van der Waals surface area contributed by atoms with Gasteiger partial charge in [0.1, 0.15) is 10.8 Å². The first kappa shape index (κ1) is 19.4. The van der Waals surface area contributed by atoms with E-state index in [1.165, 1.54) is 22.3 Å². The highest BCUT2D eigenvalue weighted by Crippen LogP contribution is 2.39. The number of aliphatic imine (C=N–C) groups is 1. The van der Waals surface area contributed by atoms with E-state index in [1.54, 1.807) is 11.3 Å². The van der Waals surface area contributed by atoms with Gasteiger partial charge in [0, 0.05) is 24.5 Å². The van der Waals surface area contributed by atoms with Crippen molar-refractivity contribution in [3.8, 4) is 26.8 Å². The molecule has 1 aliphatic heterocycles. The van der Waals surface area contributed by atoms with Gasteiger partial charge in [0.2, 0.25) is 5.69 Å². The minimum Gasteiger partial charge on any atom is -0.502 e. The smallest absolute Gasteiger partial charge is 0.228 e. The van der Waals surface area contributed by atoms with Crippen LogP contribution in [-0.2, 0) is 12.8 Å². The average molecular weight is 402 g/mol. The number of thiazole rings is 1. The molecule has 0 bridgehead atoms. The molecule has 0 amide bonds. The maximum absolute atomic E-state index is 7.49. The van der Waals surface area contributed by atoms with Gasteiger partial charge in [-0.05, 0) is 61.1 Å². The number of benzene rings is 2. The van der Waals surface area contributed by atoms with Gasteiger partial charge in [0.05, 0.1) is 17.6 Å². The molecule has 0 atom stereocenters. The normalized spacial score (nSPS) is 12.7. The molecule has 1 aliphatic rings. The van der Waals surface area contributed by atoms with Crippen molar-refractivity contribution in [2.24, 2.45) is 4.99 Å². The first-order valence-electron chi connectivity index (χ1n) is 9.90. The van der Waals surface area contributed by atoms with E-state index in [-0.39, 0.29) is 6.10 Å². The van der Waals surface area contributed by atoms with Gasteiger partial charge in [-0.3, -0.25) is 4.99 Å². The number of ether oxygens (including phenoxy) is 1. The maximum Gasteiger partial charge on any atom is 0.228 e. The zero-order valence-corrected chi connectivity index (χ0v) is 17.7. The number of nitrogens with zero attached hydrogens (tertiary/aromatic N) is 3. The molecule has 1 aromatic heterocycles. The van der Waals surface area contributed by atoms with E-state index in [0.29, 0.717) is 11.4 Å². The van der Waals surface area contributed by atoms with Crippen LogP contribution in [0.2, 0.25) is 0 Å². The van der Waals surface area contributed by atoms with Crippen LogP contribution in [0.3, 0.4) is 0 Å². The highest BCUT2D eigenvalue weighted by atomic mass is 32.1. The van der Waals surface area contributed by atoms with Crippen molar-refractivity contribution >= 4 is 23.2 Å². The van der Waals surface area contributed by atoms with Crippen molar-refractivity contribution in [1.29, 1.82) is 0 Å². The van der Waals surface area contributed by atoms with Crippen LogP contribution >= 0.6 is 11.3 Å². The molecule has 0 fully saturated rings. The quantitative estimate of drug-likeness (QED) is 0.467. The van der Waals surface area contributed by atoms with Crippen LogP contribution in [0.25, 0.3) is 25.9 Å². The lowest BCUT2D eigenvalue weighted by Gasteiger charge is -2.17. The molecule has 29 heavy (non-hydrogen) atoms. The maximum atomic E-state index is 7.49. The molecule has 146 valence electrons. The molecule has 2 heterocycles. The SMILES string of the molecule is [C-]#[N+]c1cc(-c2ncc(-c3ccc4c(c3CC)CCN=C4)s2)ccc1OC(C)C. The number of hydrogen-bond donors (Lipinski definition) is 0. The third kappa shape index (κ3) is 3.81. The van der Waals surface area contributed by atoms with Crippen molar-refractivity contribution in [3.63, 3.8) is 0 Å². The van der Waals surface area contributed by atoms with Crippen molar-refractivity contribution in [2.45, 2.75) is 39.7 Å². The van der Waals surface area contributed by atoms with Crippen LogP contribution in [0.5, 0.6) is 5.75 Å². The summed E-state index contributed by atoms with van der Waals surface area (Å²) >= 11 is 1.67. The summed E-state index contributed by atoms with van der Waals surface area (Å²) in [6, 6.07) is 10.1. The van der Waals surface area contributed by atoms with E-state index >= 15 is 0 Å². The number of hydrogen-bond acceptors (Lipinski definition) is 4. The summed E-state index contributed by atoms with van der Waals surface area (Å²) in [6.45, 7) is 14.5. The van der Waals surface area contributed by atoms with Gasteiger partial charge in [-0.1, -0.05) is 25.1 Å². The fourth-order valence-corrected chi connectivity index (χ4v) is 4.69. The van der Waals surface area contributed by atoms with Gasteiger partial charge in [0.25, 0.3) is 0 Å². The van der Waals surface area contributed by atoms with Gasteiger partial charge >= 0.3 is 0 Å². The topological polar surface area (TPSA) is 38.8 Å². The standard InChI is InChI=1S/C24H23N3OS/c1-5-18-19-10-11-26-13-17(19)6-8-20(18)23-14-27-24(29-23)16-7-9-22(28-15(2)3)21(12-16)25-4/h6-9,12-15H,5,10-11H2,1-3H3. The lowest BCUT2D eigenvalue weighted by atomic mass is 9.91. The molecular formula is C24H23N3OS. The third-order valence-electron chi connectivity index (χ3n) is 5.00. The Kier molecular flexibility index (Phi) is 5.46. The Morgan fingerprint density at radius 2 is 2.10 bits per heavy atom. The van der Waals surface area contributed by atoms with Crippen molar-refractivity contribution in [2.75, 3.05) is 6.54 Å². The molecule has 0 radical (unpaired) electrons. The second kappa shape index (κ2) is 8.18. The van der Waals surface area contributed by atoms with E-state index in [1.807, 2.05) is 44.5 Å². The lowest BCUT2D eigenvalue weighted by Crippen LogP contribution is -2.07. The van der Waals surface area contributed by atoms with E-state index in [2.05, 4.69) is 33.9 Å². The first-order chi connectivity index (χ1) is 14.1. The summed E-state index contributed by atoms with van der Waals surface area (Å²) in [5.74, 6) is 0.625. The van der Waals surface area contributed by atoms with Gasteiger partial charge < -0.3 is 4.74 Å². The summed E-state index contributed by atoms with van der Waals surface area (Å²) in [7, 11) is 0. The molecule has 0 saturated carbocycles. The zero-order valence-electron chi connectivity index (χ0n) is 16.9. The minimum absolute atomic E-state index is 0.0364. The fraction of sp³-hybridized carbons (Fsp3) is 0.292. The summed E-state index contributed by atoms with van der Waals surface area (Å²) in [6.07, 6.45) is 5.97.